The van der Waals surface area contributed by atoms with Gasteiger partial charge >= 0.3 is 0 Å². The van der Waals surface area contributed by atoms with Crippen molar-refractivity contribution in [3.05, 3.63) is 34.4 Å². The average molecular weight is 379 g/mol. The first-order valence-corrected chi connectivity index (χ1v) is 9.90. The summed E-state index contributed by atoms with van der Waals surface area (Å²) in [5, 5.41) is 21.1. The van der Waals surface area contributed by atoms with Gasteiger partial charge in [0.2, 0.25) is 0 Å². The summed E-state index contributed by atoms with van der Waals surface area (Å²) in [5.41, 5.74) is 2.24. The number of piperidine rings is 2. The molecule has 0 amide bonds. The largest absolute Gasteiger partial charge is 0.489 e. The Labute approximate surface area is 159 Å². The van der Waals surface area contributed by atoms with Gasteiger partial charge in [-0.05, 0) is 49.1 Å². The number of hydrogen-bond acceptors (Lipinski definition) is 5. The molecule has 2 N–H and O–H groups in total. The number of benzene rings is 1. The first-order valence-electron chi connectivity index (χ1n) is 9.53. The Kier molecular flexibility index (Phi) is 5.53. The molecule has 3 aliphatic heterocycles. The number of aliphatic hydroxyl groups is 2. The van der Waals surface area contributed by atoms with E-state index in [2.05, 4.69) is 15.9 Å². The van der Waals surface area contributed by atoms with E-state index in [0.717, 1.165) is 56.8 Å². The number of aliphatic hydroxyl groups excluding tert-OH is 2. The number of hydrogen-bond donors (Lipinski definition) is 2. The highest BCUT2D eigenvalue weighted by Crippen LogP contribution is 2.30. The van der Waals surface area contributed by atoms with E-state index in [1.807, 2.05) is 18.2 Å². The molecule has 0 unspecified atom stereocenters. The molecular formula is C20H27ClN2O3. The predicted molar refractivity (Wildman–Crippen MR) is 103 cm³/mol. The zero-order valence-corrected chi connectivity index (χ0v) is 15.7. The molecule has 3 heterocycles. The summed E-state index contributed by atoms with van der Waals surface area (Å²) in [6, 6.07) is 5.91. The topological polar surface area (TPSA) is 56.2 Å². The number of rotatable bonds is 3. The Morgan fingerprint density at radius 2 is 1.92 bits per heavy atom. The Hall–Kier alpha value is -1.11. The number of halogens is 1. The molecule has 2 atom stereocenters. The van der Waals surface area contributed by atoms with Crippen LogP contribution in [0.15, 0.2) is 23.8 Å². The molecule has 26 heavy (non-hydrogen) atoms. The van der Waals surface area contributed by atoms with Crippen LogP contribution < -0.4 is 4.74 Å². The van der Waals surface area contributed by atoms with E-state index in [1.54, 1.807) is 0 Å². The van der Waals surface area contributed by atoms with Crippen LogP contribution in [0.1, 0.15) is 24.8 Å². The Morgan fingerprint density at radius 3 is 2.69 bits per heavy atom. The van der Waals surface area contributed by atoms with E-state index >= 15 is 0 Å². The quantitative estimate of drug-likeness (QED) is 0.842. The first kappa shape index (κ1) is 18.3. The van der Waals surface area contributed by atoms with Gasteiger partial charge in [0, 0.05) is 49.4 Å². The molecule has 0 saturated carbocycles. The minimum absolute atomic E-state index is 0.168. The van der Waals surface area contributed by atoms with Crippen LogP contribution in [-0.4, -0.2) is 77.6 Å². The van der Waals surface area contributed by atoms with Crippen molar-refractivity contribution in [2.24, 2.45) is 0 Å². The number of nitrogens with zero attached hydrogens (tertiary/aromatic N) is 2. The van der Waals surface area contributed by atoms with Crippen LogP contribution in [0.4, 0.5) is 0 Å². The molecule has 4 rings (SSSR count). The van der Waals surface area contributed by atoms with Crippen LogP contribution in [0.3, 0.4) is 0 Å². The molecule has 5 nitrogen and oxygen atoms in total. The molecule has 142 valence electrons. The first-order chi connectivity index (χ1) is 12.6. The van der Waals surface area contributed by atoms with Crippen molar-refractivity contribution in [2.45, 2.75) is 37.5 Å². The molecule has 1 aromatic rings. The van der Waals surface area contributed by atoms with Crippen LogP contribution >= 0.6 is 11.6 Å². The molecule has 0 radical (unpaired) electrons. The maximum atomic E-state index is 10.7. The molecule has 2 fully saturated rings. The third kappa shape index (κ3) is 4.07. The highest BCUT2D eigenvalue weighted by molar-refractivity contribution is 6.30. The molecule has 0 bridgehead atoms. The minimum atomic E-state index is -0.342. The van der Waals surface area contributed by atoms with Gasteiger partial charge in [-0.15, -0.1) is 0 Å². The summed E-state index contributed by atoms with van der Waals surface area (Å²) in [7, 11) is 0. The summed E-state index contributed by atoms with van der Waals surface area (Å²) in [6.07, 6.45) is 4.25. The van der Waals surface area contributed by atoms with Crippen LogP contribution in [0.5, 0.6) is 5.75 Å². The fourth-order valence-electron chi connectivity index (χ4n) is 4.35. The molecular weight excluding hydrogens is 352 g/mol. The summed E-state index contributed by atoms with van der Waals surface area (Å²) >= 11 is 6.09. The summed E-state index contributed by atoms with van der Waals surface area (Å²) < 4.78 is 5.84. The van der Waals surface area contributed by atoms with Crippen LogP contribution in [0, 0.1) is 0 Å². The van der Waals surface area contributed by atoms with Gasteiger partial charge in [-0.2, -0.15) is 0 Å². The van der Waals surface area contributed by atoms with E-state index in [0.29, 0.717) is 18.2 Å². The second-order valence-corrected chi connectivity index (χ2v) is 8.14. The van der Waals surface area contributed by atoms with Gasteiger partial charge in [0.05, 0.1) is 12.2 Å². The Bertz CT molecular complexity index is 673. The maximum Gasteiger partial charge on any atom is 0.127 e. The summed E-state index contributed by atoms with van der Waals surface area (Å²) in [5.74, 6) is 0.879. The number of fused-ring (bicyclic) bond motifs is 1. The lowest BCUT2D eigenvalue weighted by atomic mass is 9.96. The second-order valence-electron chi connectivity index (χ2n) is 7.70. The van der Waals surface area contributed by atoms with E-state index in [9.17, 15) is 10.2 Å². The third-order valence-electron chi connectivity index (χ3n) is 5.77. The fourth-order valence-corrected chi connectivity index (χ4v) is 4.53. The van der Waals surface area contributed by atoms with E-state index < -0.39 is 0 Å². The molecule has 1 aromatic carbocycles. The number of ether oxygens (including phenoxy) is 1. The molecule has 6 heteroatoms. The van der Waals surface area contributed by atoms with Gasteiger partial charge < -0.3 is 14.9 Å². The lowest BCUT2D eigenvalue weighted by Gasteiger charge is -2.44. The molecule has 2 saturated heterocycles. The van der Waals surface area contributed by atoms with Gasteiger partial charge in [-0.3, -0.25) is 9.80 Å². The molecule has 0 spiro atoms. The van der Waals surface area contributed by atoms with E-state index in [1.165, 1.54) is 5.57 Å². The van der Waals surface area contributed by atoms with Crippen molar-refractivity contribution in [2.75, 3.05) is 39.3 Å². The van der Waals surface area contributed by atoms with Gasteiger partial charge in [0.25, 0.3) is 0 Å². The number of likely N-dealkylation sites (tertiary alicyclic amines) is 2. The van der Waals surface area contributed by atoms with Crippen molar-refractivity contribution < 1.29 is 14.9 Å². The van der Waals surface area contributed by atoms with Crippen molar-refractivity contribution in [3.63, 3.8) is 0 Å². The maximum absolute atomic E-state index is 10.7. The zero-order valence-electron chi connectivity index (χ0n) is 15.0. The summed E-state index contributed by atoms with van der Waals surface area (Å²) in [6.45, 7) is 4.84. The molecule has 0 aliphatic carbocycles. The smallest absolute Gasteiger partial charge is 0.127 e. The summed E-state index contributed by atoms with van der Waals surface area (Å²) in [4.78, 5) is 4.67. The molecule has 0 aromatic heterocycles. The van der Waals surface area contributed by atoms with Crippen LogP contribution in [0.25, 0.3) is 6.08 Å². The SMILES string of the molecule is OC1CCN([C@@H]2CCN(CC3=Cc4cc(Cl)ccc4OC3)C[C@H]2O)CC1. The van der Waals surface area contributed by atoms with Gasteiger partial charge in [-0.1, -0.05) is 11.6 Å². The van der Waals surface area contributed by atoms with Crippen molar-refractivity contribution in [3.8, 4) is 5.75 Å². The predicted octanol–water partition coefficient (Wildman–Crippen LogP) is 2.01. The van der Waals surface area contributed by atoms with Crippen LogP contribution in [0.2, 0.25) is 5.02 Å². The highest BCUT2D eigenvalue weighted by Gasteiger charge is 2.34. The second kappa shape index (κ2) is 7.87. The third-order valence-corrected chi connectivity index (χ3v) is 6.00. The minimum Gasteiger partial charge on any atom is -0.489 e. The zero-order chi connectivity index (χ0) is 18.1. The average Bonchev–Trinajstić information content (AvgIpc) is 2.62. The monoisotopic (exact) mass is 378 g/mol. The molecule has 3 aliphatic rings. The Morgan fingerprint density at radius 1 is 1.12 bits per heavy atom. The van der Waals surface area contributed by atoms with Crippen molar-refractivity contribution >= 4 is 17.7 Å². The Balaban J connectivity index is 1.35. The fraction of sp³-hybridized carbons (Fsp3) is 0.600. The van der Waals surface area contributed by atoms with Crippen molar-refractivity contribution in [1.82, 2.24) is 9.80 Å². The lowest BCUT2D eigenvalue weighted by molar-refractivity contribution is -0.0322. The standard InChI is InChI=1S/C20H27ClN2O3/c21-16-1-2-20-15(10-16)9-14(13-26-20)11-22-6-5-18(19(25)12-22)23-7-3-17(24)4-8-23/h1-2,9-10,17-19,24-25H,3-8,11-13H2/t18-,19-/m1/s1. The number of β-amino-alcohol motifs (C(OH)–C–C–N with tert-alkyl or cyclic N) is 1. The van der Waals surface area contributed by atoms with Crippen LogP contribution in [-0.2, 0) is 0 Å². The van der Waals surface area contributed by atoms with Gasteiger partial charge in [-0.25, -0.2) is 0 Å². The van der Waals surface area contributed by atoms with E-state index in [-0.39, 0.29) is 18.2 Å². The van der Waals surface area contributed by atoms with E-state index in [4.69, 9.17) is 16.3 Å². The van der Waals surface area contributed by atoms with Gasteiger partial charge in [0.15, 0.2) is 0 Å². The normalized spacial score (nSPS) is 28.3. The highest BCUT2D eigenvalue weighted by atomic mass is 35.5. The van der Waals surface area contributed by atoms with Crippen molar-refractivity contribution in [1.29, 1.82) is 0 Å². The van der Waals surface area contributed by atoms with Gasteiger partial charge in [0.1, 0.15) is 12.4 Å². The lowest BCUT2D eigenvalue weighted by Crippen LogP contribution is -2.56.